The lowest BCUT2D eigenvalue weighted by molar-refractivity contribution is -0.142. The summed E-state index contributed by atoms with van der Waals surface area (Å²) in [7, 11) is -3.34. The van der Waals surface area contributed by atoms with Crippen LogP contribution in [0.1, 0.15) is 12.8 Å². The van der Waals surface area contributed by atoms with Crippen LogP contribution in [0.25, 0.3) is 0 Å². The molecule has 0 aromatic heterocycles. The van der Waals surface area contributed by atoms with Gasteiger partial charge in [-0.1, -0.05) is 12.2 Å². The molecule has 2 aliphatic heterocycles. The predicted molar refractivity (Wildman–Crippen MR) is 86.9 cm³/mol. The average Bonchev–Trinajstić information content (AvgIpc) is 2.46. The molecule has 2 aliphatic rings. The summed E-state index contributed by atoms with van der Waals surface area (Å²) < 4.78 is 29.2. The molecule has 2 saturated heterocycles. The molecule has 1 amide bonds. The molecule has 0 bridgehead atoms. The Labute approximate surface area is 134 Å². The summed E-state index contributed by atoms with van der Waals surface area (Å²) in [6.45, 7) is 1.23. The molecule has 1 unspecified atom stereocenters. The van der Waals surface area contributed by atoms with Crippen LogP contribution < -0.4 is 5.73 Å². The van der Waals surface area contributed by atoms with E-state index in [1.54, 1.807) is 11.8 Å². The second kappa shape index (κ2) is 6.39. The van der Waals surface area contributed by atoms with Crippen molar-refractivity contribution in [3.05, 3.63) is 0 Å². The van der Waals surface area contributed by atoms with Gasteiger partial charge in [-0.3, -0.25) is 4.79 Å². The topological polar surface area (TPSA) is 89.7 Å². The number of nitrogens with two attached hydrogens (primary N) is 1. The zero-order chi connectivity index (χ0) is 15.7. The first-order valence-electron chi connectivity index (χ1n) is 6.74. The lowest BCUT2D eigenvalue weighted by Gasteiger charge is -2.42. The SMILES string of the molecule is CS(=O)(=O)C1CSCCN1C(=O)C1(C(N)=S)CCOCC1. The van der Waals surface area contributed by atoms with E-state index in [1.807, 2.05) is 0 Å². The molecule has 6 nitrogen and oxygen atoms in total. The van der Waals surface area contributed by atoms with Crippen LogP contribution in [-0.2, 0) is 19.4 Å². The third-order valence-electron chi connectivity index (χ3n) is 4.07. The van der Waals surface area contributed by atoms with Gasteiger partial charge in [0.05, 0.1) is 4.99 Å². The third-order valence-corrected chi connectivity index (χ3v) is 7.10. The Balaban J connectivity index is 2.32. The van der Waals surface area contributed by atoms with Crippen LogP contribution in [0.5, 0.6) is 0 Å². The number of hydrogen-bond donors (Lipinski definition) is 1. The number of hydrogen-bond acceptors (Lipinski definition) is 6. The van der Waals surface area contributed by atoms with Crippen molar-refractivity contribution in [2.24, 2.45) is 11.1 Å². The molecule has 0 aromatic rings. The van der Waals surface area contributed by atoms with Gasteiger partial charge in [0.1, 0.15) is 10.8 Å². The van der Waals surface area contributed by atoms with Crippen LogP contribution in [0, 0.1) is 5.41 Å². The number of thiocarbonyl (C=S) groups is 1. The maximum absolute atomic E-state index is 13.0. The second-order valence-corrected chi connectivity index (χ2v) is 9.21. The average molecular weight is 353 g/mol. The van der Waals surface area contributed by atoms with E-state index in [9.17, 15) is 13.2 Å². The van der Waals surface area contributed by atoms with E-state index in [4.69, 9.17) is 22.7 Å². The number of thioether (sulfide) groups is 1. The van der Waals surface area contributed by atoms with Gasteiger partial charge in [-0.15, -0.1) is 0 Å². The fourth-order valence-electron chi connectivity index (χ4n) is 2.73. The minimum Gasteiger partial charge on any atom is -0.392 e. The summed E-state index contributed by atoms with van der Waals surface area (Å²) >= 11 is 6.67. The van der Waals surface area contributed by atoms with Crippen LogP contribution in [0.15, 0.2) is 0 Å². The lowest BCUT2D eigenvalue weighted by atomic mass is 9.78. The molecule has 9 heteroatoms. The normalized spacial score (nSPS) is 26.3. The summed E-state index contributed by atoms with van der Waals surface area (Å²) in [4.78, 5) is 14.6. The standard InChI is InChI=1S/C12H20N2O4S3/c1-21(16,17)9-8-20-7-4-14(9)11(15)12(10(13)19)2-5-18-6-3-12/h9H,2-8H2,1H3,(H2,13,19). The number of rotatable bonds is 3. The van der Waals surface area contributed by atoms with Gasteiger partial charge < -0.3 is 15.4 Å². The van der Waals surface area contributed by atoms with Crippen LogP contribution in [0.4, 0.5) is 0 Å². The molecule has 2 N–H and O–H groups in total. The van der Waals surface area contributed by atoms with Crippen molar-refractivity contribution >= 4 is 44.7 Å². The Bertz CT molecular complexity index is 529. The predicted octanol–water partition coefficient (Wildman–Crippen LogP) is 0.0154. The zero-order valence-electron chi connectivity index (χ0n) is 11.9. The monoisotopic (exact) mass is 352 g/mol. The molecule has 0 spiro atoms. The molecule has 0 aromatic carbocycles. The minimum absolute atomic E-state index is 0.140. The van der Waals surface area contributed by atoms with Crippen LogP contribution >= 0.6 is 24.0 Å². The van der Waals surface area contributed by atoms with Gasteiger partial charge in [0.2, 0.25) is 5.91 Å². The van der Waals surface area contributed by atoms with Crippen molar-refractivity contribution in [3.63, 3.8) is 0 Å². The first kappa shape index (κ1) is 17.0. The van der Waals surface area contributed by atoms with E-state index in [2.05, 4.69) is 0 Å². The Morgan fingerprint density at radius 2 is 2.05 bits per heavy atom. The number of nitrogens with zero attached hydrogens (tertiary/aromatic N) is 1. The molecule has 0 aliphatic carbocycles. The fraction of sp³-hybridized carbons (Fsp3) is 0.833. The van der Waals surface area contributed by atoms with Gasteiger partial charge in [0.15, 0.2) is 9.84 Å². The van der Waals surface area contributed by atoms with Crippen molar-refractivity contribution in [3.8, 4) is 0 Å². The number of ether oxygens (including phenoxy) is 1. The molecule has 120 valence electrons. The highest BCUT2D eigenvalue weighted by molar-refractivity contribution is 8.00. The zero-order valence-corrected chi connectivity index (χ0v) is 14.4. The smallest absolute Gasteiger partial charge is 0.236 e. The largest absolute Gasteiger partial charge is 0.392 e. The first-order valence-corrected chi connectivity index (χ1v) is 10.3. The van der Waals surface area contributed by atoms with Crippen molar-refractivity contribution in [2.45, 2.75) is 18.2 Å². The second-order valence-electron chi connectivity index (χ2n) is 5.42. The molecule has 0 radical (unpaired) electrons. The van der Waals surface area contributed by atoms with Gasteiger partial charge in [0, 0.05) is 37.5 Å². The molecular formula is C12H20N2O4S3. The summed E-state index contributed by atoms with van der Waals surface area (Å²) in [6.07, 6.45) is 2.00. The highest BCUT2D eigenvalue weighted by Gasteiger charge is 2.48. The highest BCUT2D eigenvalue weighted by Crippen LogP contribution is 2.35. The van der Waals surface area contributed by atoms with E-state index >= 15 is 0 Å². The van der Waals surface area contributed by atoms with Gasteiger partial charge in [-0.25, -0.2) is 8.42 Å². The highest BCUT2D eigenvalue weighted by atomic mass is 32.2. The van der Waals surface area contributed by atoms with Gasteiger partial charge in [-0.2, -0.15) is 11.8 Å². The van der Waals surface area contributed by atoms with Crippen molar-refractivity contribution in [1.29, 1.82) is 0 Å². The summed E-state index contributed by atoms with van der Waals surface area (Å²) in [5.74, 6) is 0.866. The van der Waals surface area contributed by atoms with Crippen LogP contribution in [0.3, 0.4) is 0 Å². The maximum atomic E-state index is 13.0. The van der Waals surface area contributed by atoms with E-state index in [0.717, 1.165) is 5.75 Å². The molecule has 2 rings (SSSR count). The molecule has 1 atom stereocenters. The summed E-state index contributed by atoms with van der Waals surface area (Å²) in [5, 5.41) is -0.794. The molecule has 0 saturated carbocycles. The first-order chi connectivity index (χ1) is 9.79. The Kier molecular flexibility index (Phi) is 5.17. The Morgan fingerprint density at radius 1 is 1.43 bits per heavy atom. The molecule has 2 fully saturated rings. The third kappa shape index (κ3) is 3.35. The van der Waals surface area contributed by atoms with Crippen LogP contribution in [0.2, 0.25) is 0 Å². The van der Waals surface area contributed by atoms with Crippen molar-refractivity contribution < 1.29 is 17.9 Å². The number of carbonyl (C=O) groups excluding carboxylic acids is 1. The van der Waals surface area contributed by atoms with Crippen LogP contribution in [-0.4, -0.2) is 67.1 Å². The number of amides is 1. The minimum atomic E-state index is -3.34. The number of carbonyl (C=O) groups is 1. The summed E-state index contributed by atoms with van der Waals surface area (Å²) in [6, 6.07) is 0. The quantitative estimate of drug-likeness (QED) is 0.716. The van der Waals surface area contributed by atoms with E-state index < -0.39 is 20.6 Å². The number of sulfone groups is 1. The Hall–Kier alpha value is -0.380. The van der Waals surface area contributed by atoms with E-state index in [-0.39, 0.29) is 10.9 Å². The van der Waals surface area contributed by atoms with Crippen molar-refractivity contribution in [2.75, 3.05) is 37.5 Å². The molecule has 21 heavy (non-hydrogen) atoms. The lowest BCUT2D eigenvalue weighted by Crippen LogP contribution is -2.59. The molecular weight excluding hydrogens is 332 g/mol. The molecule has 2 heterocycles. The van der Waals surface area contributed by atoms with Gasteiger partial charge >= 0.3 is 0 Å². The van der Waals surface area contributed by atoms with Gasteiger partial charge in [-0.05, 0) is 12.8 Å². The van der Waals surface area contributed by atoms with E-state index in [0.29, 0.717) is 38.4 Å². The fourth-order valence-corrected chi connectivity index (χ4v) is 5.83. The summed E-state index contributed by atoms with van der Waals surface area (Å²) in [5.41, 5.74) is 4.88. The van der Waals surface area contributed by atoms with Gasteiger partial charge in [0.25, 0.3) is 0 Å². The Morgan fingerprint density at radius 3 is 2.57 bits per heavy atom. The van der Waals surface area contributed by atoms with Crippen molar-refractivity contribution in [1.82, 2.24) is 4.90 Å². The van der Waals surface area contributed by atoms with E-state index in [1.165, 1.54) is 11.2 Å². The maximum Gasteiger partial charge on any atom is 0.236 e.